The Bertz CT molecular complexity index is 191. The van der Waals surface area contributed by atoms with Crippen molar-refractivity contribution in [3.8, 4) is 0 Å². The van der Waals surface area contributed by atoms with Crippen molar-refractivity contribution in [1.82, 2.24) is 9.80 Å². The van der Waals surface area contributed by atoms with Crippen LogP contribution in [0.1, 0.15) is 26.7 Å². The van der Waals surface area contributed by atoms with Gasteiger partial charge in [-0.25, -0.2) is 0 Å². The third kappa shape index (κ3) is 1.81. The minimum Gasteiger partial charge on any atom is -0.329 e. The van der Waals surface area contributed by atoms with Crippen molar-refractivity contribution in [2.24, 2.45) is 5.73 Å². The number of hydrogen-bond donors (Lipinski definition) is 1. The smallest absolute Gasteiger partial charge is 0.0334 e. The van der Waals surface area contributed by atoms with Gasteiger partial charge in [0.15, 0.2) is 0 Å². The summed E-state index contributed by atoms with van der Waals surface area (Å²) in [4.78, 5) is 5.18. The van der Waals surface area contributed by atoms with E-state index in [4.69, 9.17) is 5.73 Å². The van der Waals surface area contributed by atoms with E-state index in [-0.39, 0.29) is 0 Å². The molecular formula is C11H23N3. The predicted molar refractivity (Wildman–Crippen MR) is 59.3 cm³/mol. The van der Waals surface area contributed by atoms with Gasteiger partial charge >= 0.3 is 0 Å². The summed E-state index contributed by atoms with van der Waals surface area (Å²) >= 11 is 0. The third-order valence-corrected chi connectivity index (χ3v) is 3.92. The van der Waals surface area contributed by atoms with Gasteiger partial charge in [0, 0.05) is 44.3 Å². The summed E-state index contributed by atoms with van der Waals surface area (Å²) < 4.78 is 0. The zero-order valence-electron chi connectivity index (χ0n) is 9.50. The number of piperazine rings is 1. The molecule has 0 amide bonds. The highest BCUT2D eigenvalue weighted by molar-refractivity contribution is 5.05. The van der Waals surface area contributed by atoms with Crippen LogP contribution in [0.3, 0.4) is 0 Å². The second kappa shape index (κ2) is 3.80. The van der Waals surface area contributed by atoms with Crippen LogP contribution in [0.25, 0.3) is 0 Å². The molecule has 0 spiro atoms. The lowest BCUT2D eigenvalue weighted by Crippen LogP contribution is -2.55. The topological polar surface area (TPSA) is 32.5 Å². The van der Waals surface area contributed by atoms with Crippen LogP contribution in [0.5, 0.6) is 0 Å². The van der Waals surface area contributed by atoms with Crippen LogP contribution in [-0.2, 0) is 0 Å². The standard InChI is InChI=1S/C11H23N3/c1-10(2)13-5-7-14(8-6-13)11(9-12)3-4-11/h10H,3-9,12H2,1-2H3. The van der Waals surface area contributed by atoms with E-state index < -0.39 is 0 Å². The maximum absolute atomic E-state index is 5.84. The average Bonchev–Trinajstić information content (AvgIpc) is 2.99. The number of hydrogen-bond acceptors (Lipinski definition) is 3. The molecule has 3 heteroatoms. The largest absolute Gasteiger partial charge is 0.329 e. The Morgan fingerprint density at radius 2 is 1.71 bits per heavy atom. The number of nitrogens with zero attached hydrogens (tertiary/aromatic N) is 2. The molecule has 0 unspecified atom stereocenters. The lowest BCUT2D eigenvalue weighted by Gasteiger charge is -2.40. The SMILES string of the molecule is CC(C)N1CCN(C2(CN)CC2)CC1. The normalized spacial score (nSPS) is 28.3. The quantitative estimate of drug-likeness (QED) is 0.715. The molecule has 82 valence electrons. The maximum atomic E-state index is 5.84. The van der Waals surface area contributed by atoms with Crippen molar-refractivity contribution in [1.29, 1.82) is 0 Å². The lowest BCUT2D eigenvalue weighted by molar-refractivity contribution is 0.0712. The van der Waals surface area contributed by atoms with Crippen molar-refractivity contribution in [3.05, 3.63) is 0 Å². The van der Waals surface area contributed by atoms with E-state index >= 15 is 0 Å². The molecule has 2 N–H and O–H groups in total. The van der Waals surface area contributed by atoms with Gasteiger partial charge in [0.1, 0.15) is 0 Å². The summed E-state index contributed by atoms with van der Waals surface area (Å²) in [6.45, 7) is 10.3. The second-order valence-electron chi connectivity index (χ2n) is 5.05. The maximum Gasteiger partial charge on any atom is 0.0334 e. The van der Waals surface area contributed by atoms with Crippen LogP contribution < -0.4 is 5.73 Å². The van der Waals surface area contributed by atoms with Crippen molar-refractivity contribution in [3.63, 3.8) is 0 Å². The van der Waals surface area contributed by atoms with Crippen molar-refractivity contribution < 1.29 is 0 Å². The molecule has 0 aromatic heterocycles. The monoisotopic (exact) mass is 197 g/mol. The zero-order valence-corrected chi connectivity index (χ0v) is 9.50. The summed E-state index contributed by atoms with van der Waals surface area (Å²) in [5, 5.41) is 0. The van der Waals surface area contributed by atoms with Crippen molar-refractivity contribution in [2.45, 2.75) is 38.3 Å². The highest BCUT2D eigenvalue weighted by atomic mass is 15.3. The summed E-state index contributed by atoms with van der Waals surface area (Å²) in [6, 6.07) is 0.699. The van der Waals surface area contributed by atoms with Crippen LogP contribution >= 0.6 is 0 Å². The van der Waals surface area contributed by atoms with Gasteiger partial charge in [0.05, 0.1) is 0 Å². The van der Waals surface area contributed by atoms with E-state index in [0.29, 0.717) is 11.6 Å². The molecule has 2 aliphatic rings. The van der Waals surface area contributed by atoms with Crippen LogP contribution in [0.15, 0.2) is 0 Å². The van der Waals surface area contributed by atoms with Crippen molar-refractivity contribution >= 4 is 0 Å². The van der Waals surface area contributed by atoms with Crippen LogP contribution in [0.2, 0.25) is 0 Å². The first-order chi connectivity index (χ1) is 6.68. The molecule has 0 atom stereocenters. The van der Waals surface area contributed by atoms with E-state index in [9.17, 15) is 0 Å². The molecule has 1 saturated heterocycles. The van der Waals surface area contributed by atoms with Gasteiger partial charge in [-0.05, 0) is 26.7 Å². The molecule has 1 saturated carbocycles. The van der Waals surface area contributed by atoms with Gasteiger partial charge in [-0.3, -0.25) is 9.80 Å². The average molecular weight is 197 g/mol. The molecule has 14 heavy (non-hydrogen) atoms. The van der Waals surface area contributed by atoms with E-state index in [1.54, 1.807) is 0 Å². The summed E-state index contributed by atoms with van der Waals surface area (Å²) in [7, 11) is 0. The fourth-order valence-electron chi connectivity index (χ4n) is 2.51. The van der Waals surface area contributed by atoms with Crippen LogP contribution in [0.4, 0.5) is 0 Å². The molecule has 0 aromatic rings. The predicted octanol–water partition coefficient (Wildman–Crippen LogP) is 0.504. The van der Waals surface area contributed by atoms with Gasteiger partial charge in [0.2, 0.25) is 0 Å². The summed E-state index contributed by atoms with van der Waals surface area (Å²) in [5.41, 5.74) is 6.26. The molecular weight excluding hydrogens is 174 g/mol. The zero-order chi connectivity index (χ0) is 10.2. The summed E-state index contributed by atoms with van der Waals surface area (Å²) in [5.74, 6) is 0. The van der Waals surface area contributed by atoms with Crippen molar-refractivity contribution in [2.75, 3.05) is 32.7 Å². The molecule has 0 aromatic carbocycles. The number of rotatable bonds is 3. The first kappa shape index (κ1) is 10.4. The Hall–Kier alpha value is -0.120. The van der Waals surface area contributed by atoms with Crippen LogP contribution in [0, 0.1) is 0 Å². The molecule has 1 aliphatic carbocycles. The van der Waals surface area contributed by atoms with Gasteiger partial charge in [0.25, 0.3) is 0 Å². The molecule has 2 fully saturated rings. The van der Waals surface area contributed by atoms with E-state index in [1.807, 2.05) is 0 Å². The van der Waals surface area contributed by atoms with Crippen LogP contribution in [-0.4, -0.2) is 54.1 Å². The minimum atomic E-state index is 0.420. The van der Waals surface area contributed by atoms with E-state index in [2.05, 4.69) is 23.6 Å². The Kier molecular flexibility index (Phi) is 2.82. The second-order valence-corrected chi connectivity index (χ2v) is 5.05. The third-order valence-electron chi connectivity index (χ3n) is 3.92. The Morgan fingerprint density at radius 1 is 1.14 bits per heavy atom. The van der Waals surface area contributed by atoms with Gasteiger partial charge in [-0.15, -0.1) is 0 Å². The molecule has 2 rings (SSSR count). The van der Waals surface area contributed by atoms with Gasteiger partial charge < -0.3 is 5.73 Å². The highest BCUT2D eigenvalue weighted by Crippen LogP contribution is 2.41. The molecule has 0 bridgehead atoms. The van der Waals surface area contributed by atoms with Gasteiger partial charge in [-0.1, -0.05) is 0 Å². The minimum absolute atomic E-state index is 0.420. The molecule has 1 heterocycles. The van der Waals surface area contributed by atoms with Gasteiger partial charge in [-0.2, -0.15) is 0 Å². The number of nitrogens with two attached hydrogens (primary N) is 1. The highest BCUT2D eigenvalue weighted by Gasteiger charge is 2.47. The first-order valence-corrected chi connectivity index (χ1v) is 5.87. The first-order valence-electron chi connectivity index (χ1n) is 5.87. The fourth-order valence-corrected chi connectivity index (χ4v) is 2.51. The van der Waals surface area contributed by atoms with E-state index in [0.717, 1.165) is 6.54 Å². The fraction of sp³-hybridized carbons (Fsp3) is 1.00. The Balaban J connectivity index is 1.84. The lowest BCUT2D eigenvalue weighted by atomic mass is 10.1. The Labute approximate surface area is 87.2 Å². The Morgan fingerprint density at radius 3 is 2.07 bits per heavy atom. The van der Waals surface area contributed by atoms with E-state index in [1.165, 1.54) is 39.0 Å². The molecule has 0 radical (unpaired) electrons. The molecule has 1 aliphatic heterocycles. The molecule has 3 nitrogen and oxygen atoms in total. The summed E-state index contributed by atoms with van der Waals surface area (Å²) in [6.07, 6.45) is 2.65.